The molecule has 1 aromatic rings. The van der Waals surface area contributed by atoms with E-state index < -0.39 is 0 Å². The van der Waals surface area contributed by atoms with Crippen LogP contribution in [0.1, 0.15) is 12.5 Å². The van der Waals surface area contributed by atoms with Crippen LogP contribution in [0.2, 0.25) is 5.02 Å². The predicted octanol–water partition coefficient (Wildman–Crippen LogP) is 2.33. The predicted molar refractivity (Wildman–Crippen MR) is 63.6 cm³/mol. The Bertz CT molecular complexity index is 352. The van der Waals surface area contributed by atoms with Crippen LogP contribution in [0.4, 0.5) is 0 Å². The van der Waals surface area contributed by atoms with Gasteiger partial charge in [0.25, 0.3) is 0 Å². The quantitative estimate of drug-likeness (QED) is 0.377. The van der Waals surface area contributed by atoms with Crippen LogP contribution in [0.3, 0.4) is 0 Å². The molecule has 1 rings (SSSR count). The number of amidine groups is 1. The van der Waals surface area contributed by atoms with Gasteiger partial charge in [-0.1, -0.05) is 11.6 Å². The highest BCUT2D eigenvalue weighted by Crippen LogP contribution is 2.23. The second kappa shape index (κ2) is 5.34. The van der Waals surface area contributed by atoms with E-state index in [-0.39, 0.29) is 0 Å². The summed E-state index contributed by atoms with van der Waals surface area (Å²) in [5.74, 6) is 6.01. The molecule has 1 aromatic carbocycles. The lowest BCUT2D eigenvalue weighted by atomic mass is 10.2. The lowest BCUT2D eigenvalue weighted by Crippen LogP contribution is -2.31. The molecular weight excluding hydrogens is 265 g/mol. The van der Waals surface area contributed by atoms with Crippen molar-refractivity contribution in [1.29, 1.82) is 0 Å². The summed E-state index contributed by atoms with van der Waals surface area (Å²) in [5, 5.41) is 0.668. The number of nitrogens with zero attached hydrogens (tertiary/aromatic N) is 1. The summed E-state index contributed by atoms with van der Waals surface area (Å²) >= 11 is 9.21. The normalized spacial score (nSPS) is 11.6. The molecule has 0 saturated carbocycles. The smallest absolute Gasteiger partial charge is 0.142 e. The Labute approximate surface area is 96.5 Å². The highest BCUT2D eigenvalue weighted by molar-refractivity contribution is 9.10. The first-order chi connectivity index (χ1) is 6.69. The maximum atomic E-state index is 5.87. The van der Waals surface area contributed by atoms with Crippen LogP contribution >= 0.6 is 27.5 Å². The van der Waals surface area contributed by atoms with Crippen molar-refractivity contribution < 1.29 is 0 Å². The first-order valence-corrected chi connectivity index (χ1v) is 5.32. The zero-order valence-corrected chi connectivity index (χ0v) is 10.1. The first kappa shape index (κ1) is 11.5. The second-order valence-electron chi connectivity index (χ2n) is 2.60. The summed E-state index contributed by atoms with van der Waals surface area (Å²) in [6.07, 6.45) is 0. The molecule has 0 aliphatic rings. The molecule has 0 unspecified atom stereocenters. The maximum absolute atomic E-state index is 5.87. The fourth-order valence-electron chi connectivity index (χ4n) is 1.02. The first-order valence-electron chi connectivity index (χ1n) is 4.15. The van der Waals surface area contributed by atoms with Crippen molar-refractivity contribution in [3.05, 3.63) is 33.3 Å². The minimum Gasteiger partial charge on any atom is -0.308 e. The van der Waals surface area contributed by atoms with Crippen LogP contribution in [0, 0.1) is 0 Å². The average molecular weight is 277 g/mol. The second-order valence-corrected chi connectivity index (χ2v) is 3.86. The van der Waals surface area contributed by atoms with Crippen LogP contribution in [-0.2, 0) is 0 Å². The van der Waals surface area contributed by atoms with Crippen molar-refractivity contribution in [2.24, 2.45) is 10.8 Å². The number of halogens is 2. The average Bonchev–Trinajstić information content (AvgIpc) is 2.19. The third-order valence-electron chi connectivity index (χ3n) is 1.65. The Balaban J connectivity index is 3.06. The summed E-state index contributed by atoms with van der Waals surface area (Å²) in [4.78, 5) is 4.20. The fourth-order valence-corrected chi connectivity index (χ4v) is 1.52. The van der Waals surface area contributed by atoms with E-state index in [0.29, 0.717) is 17.4 Å². The van der Waals surface area contributed by atoms with Gasteiger partial charge in [0, 0.05) is 16.6 Å². The molecule has 14 heavy (non-hydrogen) atoms. The van der Waals surface area contributed by atoms with Crippen molar-refractivity contribution in [3.8, 4) is 0 Å². The van der Waals surface area contributed by atoms with Crippen LogP contribution in [0.25, 0.3) is 0 Å². The maximum Gasteiger partial charge on any atom is 0.142 e. The molecule has 0 radical (unpaired) electrons. The SMILES string of the molecule is CCN=C(NN)c1ccc(Cl)c(Br)c1. The van der Waals surface area contributed by atoms with Crippen molar-refractivity contribution in [3.63, 3.8) is 0 Å². The van der Waals surface area contributed by atoms with Crippen molar-refractivity contribution in [2.75, 3.05) is 6.54 Å². The zero-order chi connectivity index (χ0) is 10.6. The Hall–Kier alpha value is -0.580. The number of hydrogen-bond donors (Lipinski definition) is 2. The number of nitrogens with two attached hydrogens (primary N) is 1. The topological polar surface area (TPSA) is 50.4 Å². The fraction of sp³-hybridized carbons (Fsp3) is 0.222. The molecule has 5 heteroatoms. The van der Waals surface area contributed by atoms with Crippen LogP contribution < -0.4 is 11.3 Å². The molecule has 3 nitrogen and oxygen atoms in total. The molecule has 0 amide bonds. The highest BCUT2D eigenvalue weighted by Gasteiger charge is 2.03. The van der Waals surface area contributed by atoms with Gasteiger partial charge in [-0.2, -0.15) is 0 Å². The molecule has 0 saturated heterocycles. The van der Waals surface area contributed by atoms with Crippen molar-refractivity contribution in [1.82, 2.24) is 5.43 Å². The van der Waals surface area contributed by atoms with E-state index in [9.17, 15) is 0 Å². The number of hydrazine groups is 1. The summed E-state index contributed by atoms with van der Waals surface area (Å²) in [5.41, 5.74) is 3.46. The number of aliphatic imine (C=N–C) groups is 1. The molecule has 0 spiro atoms. The Morgan fingerprint density at radius 3 is 2.86 bits per heavy atom. The van der Waals surface area contributed by atoms with E-state index in [1.165, 1.54) is 0 Å². The van der Waals surface area contributed by atoms with Crippen LogP contribution in [0.15, 0.2) is 27.7 Å². The third kappa shape index (κ3) is 2.70. The summed E-state index contributed by atoms with van der Waals surface area (Å²) < 4.78 is 0.829. The molecule has 0 bridgehead atoms. The van der Waals surface area contributed by atoms with Gasteiger partial charge in [-0.25, -0.2) is 5.84 Å². The van der Waals surface area contributed by atoms with E-state index in [1.54, 1.807) is 6.07 Å². The molecule has 3 N–H and O–H groups in total. The number of benzene rings is 1. The van der Waals surface area contributed by atoms with Crippen LogP contribution in [-0.4, -0.2) is 12.4 Å². The standard InChI is InChI=1S/C9H11BrClN3/c1-2-13-9(14-12)6-3-4-8(11)7(10)5-6/h3-5H,2,12H2,1H3,(H,13,14). The minimum absolute atomic E-state index is 0.657. The van der Waals surface area contributed by atoms with Crippen molar-refractivity contribution >= 4 is 33.4 Å². The van der Waals surface area contributed by atoms with Gasteiger partial charge in [-0.05, 0) is 41.1 Å². The Kier molecular flexibility index (Phi) is 4.38. The lowest BCUT2D eigenvalue weighted by Gasteiger charge is -2.06. The zero-order valence-electron chi connectivity index (χ0n) is 7.72. The highest BCUT2D eigenvalue weighted by atomic mass is 79.9. The Morgan fingerprint density at radius 2 is 2.36 bits per heavy atom. The third-order valence-corrected chi connectivity index (χ3v) is 2.86. The largest absolute Gasteiger partial charge is 0.308 e. The van der Waals surface area contributed by atoms with E-state index in [0.717, 1.165) is 10.0 Å². The molecule has 76 valence electrons. The van der Waals surface area contributed by atoms with Gasteiger partial charge >= 0.3 is 0 Å². The molecule has 0 fully saturated rings. The van der Waals surface area contributed by atoms with Gasteiger partial charge in [-0.3, -0.25) is 4.99 Å². The summed E-state index contributed by atoms with van der Waals surface area (Å²) in [7, 11) is 0. The van der Waals surface area contributed by atoms with Gasteiger partial charge in [0.2, 0.25) is 0 Å². The monoisotopic (exact) mass is 275 g/mol. The van der Waals surface area contributed by atoms with Gasteiger partial charge in [0.15, 0.2) is 0 Å². The van der Waals surface area contributed by atoms with E-state index >= 15 is 0 Å². The minimum atomic E-state index is 0.657. The van der Waals surface area contributed by atoms with E-state index in [1.807, 2.05) is 19.1 Å². The van der Waals surface area contributed by atoms with Crippen LogP contribution in [0.5, 0.6) is 0 Å². The molecule has 0 atom stereocenters. The van der Waals surface area contributed by atoms with Gasteiger partial charge in [-0.15, -0.1) is 0 Å². The Morgan fingerprint density at radius 1 is 1.64 bits per heavy atom. The van der Waals surface area contributed by atoms with Gasteiger partial charge in [0.1, 0.15) is 5.84 Å². The summed E-state index contributed by atoms with van der Waals surface area (Å²) in [6, 6.07) is 5.53. The van der Waals surface area contributed by atoms with Gasteiger partial charge in [0.05, 0.1) is 5.02 Å². The number of nitrogens with one attached hydrogen (secondary N) is 1. The number of rotatable bonds is 2. The summed E-state index contributed by atoms with van der Waals surface area (Å²) in [6.45, 7) is 2.63. The molecule has 0 aliphatic heterocycles. The molecule has 0 aromatic heterocycles. The number of hydrogen-bond acceptors (Lipinski definition) is 2. The van der Waals surface area contributed by atoms with Gasteiger partial charge < -0.3 is 5.43 Å². The van der Waals surface area contributed by atoms with E-state index in [2.05, 4.69) is 26.3 Å². The van der Waals surface area contributed by atoms with E-state index in [4.69, 9.17) is 17.4 Å². The van der Waals surface area contributed by atoms with Crippen molar-refractivity contribution in [2.45, 2.75) is 6.92 Å². The molecule has 0 heterocycles. The molecular formula is C9H11BrClN3. The molecule has 0 aliphatic carbocycles. The lowest BCUT2D eigenvalue weighted by molar-refractivity contribution is 0.991.